The Hall–Kier alpha value is -0.570. The number of piperidine rings is 3. The maximum absolute atomic E-state index is 5.99. The molecular weight excluding hydrogens is 232 g/mol. The molecular formula is C14H19ClN2. The number of rotatable bonds is 3. The third-order valence-corrected chi connectivity index (χ3v) is 4.35. The van der Waals surface area contributed by atoms with E-state index < -0.39 is 0 Å². The van der Waals surface area contributed by atoms with Crippen LogP contribution in [0.2, 0.25) is 5.02 Å². The minimum absolute atomic E-state index is 0.677. The molecule has 3 fully saturated rings. The van der Waals surface area contributed by atoms with E-state index in [0.717, 1.165) is 17.5 Å². The fraction of sp³-hybridized carbons (Fsp3) is 0.571. The Bertz CT molecular complexity index is 386. The van der Waals surface area contributed by atoms with Crippen molar-refractivity contribution in [2.24, 2.45) is 5.92 Å². The SMILES string of the molecule is Clc1cccc(CNC2CN3CCC2CC3)c1. The molecule has 4 rings (SSSR count). The van der Waals surface area contributed by atoms with E-state index in [1.54, 1.807) is 0 Å². The van der Waals surface area contributed by atoms with Gasteiger partial charge in [-0.05, 0) is 49.5 Å². The standard InChI is InChI=1S/C14H19ClN2/c15-13-3-1-2-11(8-13)9-16-14-10-17-6-4-12(14)5-7-17/h1-3,8,12,14,16H,4-7,9-10H2. The molecule has 1 unspecified atom stereocenters. The number of hydrogen-bond acceptors (Lipinski definition) is 2. The zero-order valence-corrected chi connectivity index (χ0v) is 10.8. The molecule has 3 aliphatic rings. The Kier molecular flexibility index (Phi) is 3.37. The predicted molar refractivity (Wildman–Crippen MR) is 71.2 cm³/mol. The zero-order chi connectivity index (χ0) is 11.7. The third kappa shape index (κ3) is 2.65. The van der Waals surface area contributed by atoms with Crippen molar-refractivity contribution in [1.82, 2.24) is 10.2 Å². The zero-order valence-electron chi connectivity index (χ0n) is 10.0. The molecule has 0 aromatic heterocycles. The highest BCUT2D eigenvalue weighted by molar-refractivity contribution is 6.30. The van der Waals surface area contributed by atoms with Crippen LogP contribution < -0.4 is 5.32 Å². The van der Waals surface area contributed by atoms with E-state index >= 15 is 0 Å². The maximum Gasteiger partial charge on any atom is 0.0409 e. The van der Waals surface area contributed by atoms with Gasteiger partial charge in [-0.3, -0.25) is 0 Å². The first kappa shape index (κ1) is 11.5. The number of benzene rings is 1. The summed E-state index contributed by atoms with van der Waals surface area (Å²) in [5.74, 6) is 0.888. The molecule has 0 aliphatic carbocycles. The highest BCUT2D eigenvalue weighted by Crippen LogP contribution is 2.27. The topological polar surface area (TPSA) is 15.3 Å². The third-order valence-electron chi connectivity index (χ3n) is 4.11. The van der Waals surface area contributed by atoms with Crippen molar-refractivity contribution < 1.29 is 0 Å². The van der Waals surface area contributed by atoms with Crippen molar-refractivity contribution in [3.8, 4) is 0 Å². The monoisotopic (exact) mass is 250 g/mol. The van der Waals surface area contributed by atoms with E-state index in [1.165, 1.54) is 38.0 Å². The quantitative estimate of drug-likeness (QED) is 0.887. The van der Waals surface area contributed by atoms with E-state index in [9.17, 15) is 0 Å². The molecule has 3 aliphatic heterocycles. The van der Waals surface area contributed by atoms with Gasteiger partial charge in [-0.25, -0.2) is 0 Å². The van der Waals surface area contributed by atoms with Gasteiger partial charge in [0.25, 0.3) is 0 Å². The van der Waals surface area contributed by atoms with Gasteiger partial charge in [-0.2, -0.15) is 0 Å². The maximum atomic E-state index is 5.99. The summed E-state index contributed by atoms with van der Waals surface area (Å²) < 4.78 is 0. The molecule has 0 saturated carbocycles. The second-order valence-corrected chi connectivity index (χ2v) is 5.69. The molecule has 3 saturated heterocycles. The molecule has 3 heteroatoms. The molecule has 3 heterocycles. The fourth-order valence-corrected chi connectivity index (χ4v) is 3.31. The minimum atomic E-state index is 0.677. The molecule has 2 bridgehead atoms. The Morgan fingerprint density at radius 2 is 2.12 bits per heavy atom. The summed E-state index contributed by atoms with van der Waals surface area (Å²) in [6.07, 6.45) is 2.74. The molecule has 2 nitrogen and oxygen atoms in total. The number of fused-ring (bicyclic) bond motifs is 3. The van der Waals surface area contributed by atoms with Crippen LogP contribution in [-0.2, 0) is 6.54 Å². The summed E-state index contributed by atoms with van der Waals surface area (Å²) in [5.41, 5.74) is 1.29. The highest BCUT2D eigenvalue weighted by atomic mass is 35.5. The van der Waals surface area contributed by atoms with E-state index in [0.29, 0.717) is 6.04 Å². The van der Waals surface area contributed by atoms with Crippen molar-refractivity contribution in [3.05, 3.63) is 34.9 Å². The number of nitrogens with one attached hydrogen (secondary N) is 1. The lowest BCUT2D eigenvalue weighted by atomic mass is 9.84. The van der Waals surface area contributed by atoms with E-state index in [2.05, 4.69) is 22.3 Å². The molecule has 92 valence electrons. The molecule has 1 aromatic carbocycles. The summed E-state index contributed by atoms with van der Waals surface area (Å²) in [5, 5.41) is 4.53. The summed E-state index contributed by atoms with van der Waals surface area (Å²) >= 11 is 5.99. The second-order valence-electron chi connectivity index (χ2n) is 5.26. The predicted octanol–water partition coefficient (Wildman–Crippen LogP) is 2.52. The summed E-state index contributed by atoms with van der Waals surface area (Å²) in [6.45, 7) is 4.78. The molecule has 1 N–H and O–H groups in total. The van der Waals surface area contributed by atoms with Crippen LogP contribution in [0.4, 0.5) is 0 Å². The van der Waals surface area contributed by atoms with Gasteiger partial charge in [-0.1, -0.05) is 23.7 Å². The molecule has 17 heavy (non-hydrogen) atoms. The van der Waals surface area contributed by atoms with E-state index in [-0.39, 0.29) is 0 Å². The van der Waals surface area contributed by atoms with Gasteiger partial charge in [0.15, 0.2) is 0 Å². The second kappa shape index (κ2) is 4.97. The molecule has 1 aromatic rings. The van der Waals surface area contributed by atoms with Crippen molar-refractivity contribution in [2.45, 2.75) is 25.4 Å². The summed E-state index contributed by atoms with van der Waals surface area (Å²) in [4.78, 5) is 2.58. The van der Waals surface area contributed by atoms with Crippen LogP contribution >= 0.6 is 11.6 Å². The van der Waals surface area contributed by atoms with Crippen LogP contribution in [0.1, 0.15) is 18.4 Å². The van der Waals surface area contributed by atoms with Crippen molar-refractivity contribution >= 4 is 11.6 Å². The minimum Gasteiger partial charge on any atom is -0.308 e. The summed E-state index contributed by atoms with van der Waals surface area (Å²) in [6, 6.07) is 8.82. The molecule has 0 radical (unpaired) electrons. The highest BCUT2D eigenvalue weighted by Gasteiger charge is 2.33. The summed E-state index contributed by atoms with van der Waals surface area (Å²) in [7, 11) is 0. The van der Waals surface area contributed by atoms with Crippen LogP contribution in [0.5, 0.6) is 0 Å². The van der Waals surface area contributed by atoms with Crippen LogP contribution in [0.25, 0.3) is 0 Å². The first-order chi connectivity index (χ1) is 8.31. The largest absolute Gasteiger partial charge is 0.308 e. The lowest BCUT2D eigenvalue weighted by molar-refractivity contribution is 0.0720. The normalized spacial score (nSPS) is 31.7. The lowest BCUT2D eigenvalue weighted by Crippen LogP contribution is -2.55. The number of hydrogen-bond donors (Lipinski definition) is 1. The first-order valence-electron chi connectivity index (χ1n) is 6.51. The van der Waals surface area contributed by atoms with Gasteiger partial charge in [0.05, 0.1) is 0 Å². The van der Waals surface area contributed by atoms with Crippen LogP contribution in [0, 0.1) is 5.92 Å². The average molecular weight is 251 g/mol. The lowest BCUT2D eigenvalue weighted by Gasteiger charge is -2.45. The van der Waals surface area contributed by atoms with Crippen LogP contribution in [0.15, 0.2) is 24.3 Å². The number of halogens is 1. The Balaban J connectivity index is 1.57. The first-order valence-corrected chi connectivity index (χ1v) is 6.89. The van der Waals surface area contributed by atoms with Crippen molar-refractivity contribution in [1.29, 1.82) is 0 Å². The van der Waals surface area contributed by atoms with Crippen molar-refractivity contribution in [3.63, 3.8) is 0 Å². The van der Waals surface area contributed by atoms with Gasteiger partial charge >= 0.3 is 0 Å². The van der Waals surface area contributed by atoms with Gasteiger partial charge in [0.2, 0.25) is 0 Å². The number of nitrogens with zero attached hydrogens (tertiary/aromatic N) is 1. The van der Waals surface area contributed by atoms with Gasteiger partial charge < -0.3 is 10.2 Å². The Labute approximate surface area is 108 Å². The van der Waals surface area contributed by atoms with Gasteiger partial charge in [0.1, 0.15) is 0 Å². The van der Waals surface area contributed by atoms with Crippen LogP contribution in [-0.4, -0.2) is 30.6 Å². The Morgan fingerprint density at radius 1 is 1.29 bits per heavy atom. The fourth-order valence-electron chi connectivity index (χ4n) is 3.09. The smallest absolute Gasteiger partial charge is 0.0409 e. The van der Waals surface area contributed by atoms with E-state index in [1.807, 2.05) is 12.1 Å². The average Bonchev–Trinajstić information content (AvgIpc) is 2.38. The molecule has 0 spiro atoms. The van der Waals surface area contributed by atoms with Crippen molar-refractivity contribution in [2.75, 3.05) is 19.6 Å². The van der Waals surface area contributed by atoms with E-state index in [4.69, 9.17) is 11.6 Å². The van der Waals surface area contributed by atoms with Crippen LogP contribution in [0.3, 0.4) is 0 Å². The van der Waals surface area contributed by atoms with Gasteiger partial charge in [-0.15, -0.1) is 0 Å². The van der Waals surface area contributed by atoms with Gasteiger partial charge in [0, 0.05) is 24.2 Å². The molecule has 0 amide bonds. The Morgan fingerprint density at radius 3 is 2.76 bits per heavy atom. The molecule has 1 atom stereocenters.